The van der Waals surface area contributed by atoms with Crippen molar-refractivity contribution >= 4 is 43.5 Å². The molecule has 92 valence electrons. The third-order valence-electron chi connectivity index (χ3n) is 2.41. The van der Waals surface area contributed by atoms with Crippen LogP contribution in [0.2, 0.25) is 0 Å². The number of anilines is 1. The van der Waals surface area contributed by atoms with Gasteiger partial charge < -0.3 is 5.32 Å². The van der Waals surface area contributed by atoms with E-state index in [1.165, 1.54) is 0 Å². The molecule has 18 heavy (non-hydrogen) atoms. The number of aryl methyl sites for hydroxylation is 1. The highest BCUT2D eigenvalue weighted by Gasteiger charge is 2.06. The SMILES string of the molecule is Cc1cc(Br)cc(NC(=O)c2ccc(Br)cc2)c1. The van der Waals surface area contributed by atoms with Crippen LogP contribution in [-0.2, 0) is 0 Å². The molecule has 0 unspecified atom stereocenters. The summed E-state index contributed by atoms with van der Waals surface area (Å²) in [5, 5.41) is 2.88. The zero-order valence-electron chi connectivity index (χ0n) is 9.71. The van der Waals surface area contributed by atoms with Crippen LogP contribution < -0.4 is 5.32 Å². The first kappa shape index (κ1) is 13.3. The molecule has 0 saturated carbocycles. The summed E-state index contributed by atoms with van der Waals surface area (Å²) < 4.78 is 1.91. The van der Waals surface area contributed by atoms with Crippen molar-refractivity contribution in [1.82, 2.24) is 0 Å². The molecule has 1 N–H and O–H groups in total. The topological polar surface area (TPSA) is 29.1 Å². The quantitative estimate of drug-likeness (QED) is 0.812. The van der Waals surface area contributed by atoms with Crippen molar-refractivity contribution in [2.75, 3.05) is 5.32 Å². The molecule has 1 amide bonds. The van der Waals surface area contributed by atoms with Crippen molar-refractivity contribution < 1.29 is 4.79 Å². The van der Waals surface area contributed by atoms with E-state index >= 15 is 0 Å². The van der Waals surface area contributed by atoms with Crippen molar-refractivity contribution in [3.63, 3.8) is 0 Å². The molecule has 2 aromatic carbocycles. The summed E-state index contributed by atoms with van der Waals surface area (Å²) >= 11 is 6.75. The van der Waals surface area contributed by atoms with E-state index in [1.807, 2.05) is 37.3 Å². The third-order valence-corrected chi connectivity index (χ3v) is 3.39. The van der Waals surface area contributed by atoms with Crippen molar-refractivity contribution in [1.29, 1.82) is 0 Å². The maximum absolute atomic E-state index is 12.0. The molecule has 2 aromatic rings. The van der Waals surface area contributed by atoms with Crippen LogP contribution in [0.4, 0.5) is 5.69 Å². The van der Waals surface area contributed by atoms with Crippen LogP contribution in [0.15, 0.2) is 51.4 Å². The van der Waals surface area contributed by atoms with Crippen molar-refractivity contribution in [2.45, 2.75) is 6.92 Å². The van der Waals surface area contributed by atoms with Crippen molar-refractivity contribution in [2.24, 2.45) is 0 Å². The third kappa shape index (κ3) is 3.43. The average Bonchev–Trinajstić information content (AvgIpc) is 2.28. The van der Waals surface area contributed by atoms with E-state index in [1.54, 1.807) is 12.1 Å². The molecule has 0 aliphatic heterocycles. The van der Waals surface area contributed by atoms with Gasteiger partial charge in [0.15, 0.2) is 0 Å². The molecule has 0 saturated heterocycles. The Bertz CT molecular complexity index is 559. The van der Waals surface area contributed by atoms with Gasteiger partial charge in [0.2, 0.25) is 0 Å². The van der Waals surface area contributed by atoms with Gasteiger partial charge in [0.05, 0.1) is 0 Å². The maximum atomic E-state index is 12.0. The Kier molecular flexibility index (Phi) is 4.19. The molecule has 0 bridgehead atoms. The monoisotopic (exact) mass is 367 g/mol. The van der Waals surface area contributed by atoms with Crippen molar-refractivity contribution in [3.8, 4) is 0 Å². The van der Waals surface area contributed by atoms with Crippen LogP contribution in [0.1, 0.15) is 15.9 Å². The molecule has 0 heterocycles. The molecule has 0 aliphatic rings. The zero-order chi connectivity index (χ0) is 13.1. The number of nitrogens with one attached hydrogen (secondary N) is 1. The molecule has 0 spiro atoms. The van der Waals surface area contributed by atoms with Gasteiger partial charge in [-0.05, 0) is 55.0 Å². The Morgan fingerprint density at radius 2 is 1.67 bits per heavy atom. The molecule has 2 rings (SSSR count). The Labute approximate surface area is 123 Å². The summed E-state index contributed by atoms with van der Waals surface area (Å²) in [4.78, 5) is 12.0. The fourth-order valence-corrected chi connectivity index (χ4v) is 2.49. The highest BCUT2D eigenvalue weighted by molar-refractivity contribution is 9.10. The molecular formula is C14H11Br2NO. The van der Waals surface area contributed by atoms with Crippen LogP contribution in [0, 0.1) is 6.92 Å². The second kappa shape index (κ2) is 5.67. The molecular weight excluding hydrogens is 358 g/mol. The Balaban J connectivity index is 2.18. The van der Waals surface area contributed by atoms with Crippen molar-refractivity contribution in [3.05, 3.63) is 62.5 Å². The number of halogens is 2. The normalized spacial score (nSPS) is 10.2. The lowest BCUT2D eigenvalue weighted by Gasteiger charge is -2.07. The van der Waals surface area contributed by atoms with Gasteiger partial charge in [0.25, 0.3) is 5.91 Å². The van der Waals surface area contributed by atoms with Gasteiger partial charge in [-0.3, -0.25) is 4.79 Å². The van der Waals surface area contributed by atoms with Gasteiger partial charge in [-0.25, -0.2) is 0 Å². The number of carbonyl (C=O) groups excluding carboxylic acids is 1. The largest absolute Gasteiger partial charge is 0.322 e. The molecule has 0 atom stereocenters. The van der Waals surface area contributed by atoms with Gasteiger partial charge in [-0.2, -0.15) is 0 Å². The van der Waals surface area contributed by atoms with Crippen LogP contribution in [0.25, 0.3) is 0 Å². The maximum Gasteiger partial charge on any atom is 0.255 e. The van der Waals surface area contributed by atoms with E-state index in [4.69, 9.17) is 0 Å². The minimum atomic E-state index is -0.111. The van der Waals surface area contributed by atoms with Gasteiger partial charge in [0.1, 0.15) is 0 Å². The summed E-state index contributed by atoms with van der Waals surface area (Å²) in [6.07, 6.45) is 0. The molecule has 0 fully saturated rings. The summed E-state index contributed by atoms with van der Waals surface area (Å²) in [5.41, 5.74) is 2.51. The lowest BCUT2D eigenvalue weighted by Crippen LogP contribution is -2.11. The predicted molar refractivity (Wildman–Crippen MR) is 81.0 cm³/mol. The van der Waals surface area contributed by atoms with Gasteiger partial charge in [-0.1, -0.05) is 31.9 Å². The minimum absolute atomic E-state index is 0.111. The van der Waals surface area contributed by atoms with E-state index in [0.717, 1.165) is 20.2 Å². The van der Waals surface area contributed by atoms with E-state index in [2.05, 4.69) is 37.2 Å². The first-order chi connectivity index (χ1) is 8.54. The summed E-state index contributed by atoms with van der Waals surface area (Å²) in [6.45, 7) is 1.99. The van der Waals surface area contributed by atoms with E-state index in [-0.39, 0.29) is 5.91 Å². The van der Waals surface area contributed by atoms with E-state index in [9.17, 15) is 4.79 Å². The second-order valence-corrected chi connectivity index (χ2v) is 5.81. The fourth-order valence-electron chi connectivity index (χ4n) is 1.61. The summed E-state index contributed by atoms with van der Waals surface area (Å²) in [7, 11) is 0. The molecule has 0 aromatic heterocycles. The molecule has 0 radical (unpaired) electrons. The van der Waals surface area contributed by atoms with E-state index < -0.39 is 0 Å². The van der Waals surface area contributed by atoms with Crippen LogP contribution in [0.5, 0.6) is 0 Å². The lowest BCUT2D eigenvalue weighted by atomic mass is 10.2. The number of amides is 1. The van der Waals surface area contributed by atoms with Gasteiger partial charge >= 0.3 is 0 Å². The number of benzene rings is 2. The average molecular weight is 369 g/mol. The zero-order valence-corrected chi connectivity index (χ0v) is 12.9. The van der Waals surface area contributed by atoms with Crippen LogP contribution in [0.3, 0.4) is 0 Å². The Hall–Kier alpha value is -1.13. The first-order valence-corrected chi connectivity index (χ1v) is 6.97. The molecule has 4 heteroatoms. The van der Waals surface area contributed by atoms with Gasteiger partial charge in [0, 0.05) is 20.2 Å². The fraction of sp³-hybridized carbons (Fsp3) is 0.0714. The smallest absolute Gasteiger partial charge is 0.255 e. The standard InChI is InChI=1S/C14H11Br2NO/c1-9-6-12(16)8-13(7-9)17-14(18)10-2-4-11(15)5-3-10/h2-8H,1H3,(H,17,18). The second-order valence-electron chi connectivity index (χ2n) is 3.98. The summed E-state index contributed by atoms with van der Waals surface area (Å²) in [6, 6.07) is 13.1. The predicted octanol–water partition coefficient (Wildman–Crippen LogP) is 4.77. The van der Waals surface area contributed by atoms with E-state index in [0.29, 0.717) is 5.56 Å². The number of rotatable bonds is 2. The van der Waals surface area contributed by atoms with Crippen LogP contribution >= 0.6 is 31.9 Å². The minimum Gasteiger partial charge on any atom is -0.322 e. The first-order valence-electron chi connectivity index (χ1n) is 5.39. The highest BCUT2D eigenvalue weighted by Crippen LogP contribution is 2.20. The number of carbonyl (C=O) groups is 1. The molecule has 0 aliphatic carbocycles. The Morgan fingerprint density at radius 1 is 1.00 bits per heavy atom. The summed E-state index contributed by atoms with van der Waals surface area (Å²) in [5.74, 6) is -0.111. The number of hydrogen-bond donors (Lipinski definition) is 1. The van der Waals surface area contributed by atoms with Crippen LogP contribution in [-0.4, -0.2) is 5.91 Å². The van der Waals surface area contributed by atoms with Gasteiger partial charge in [-0.15, -0.1) is 0 Å². The lowest BCUT2D eigenvalue weighted by molar-refractivity contribution is 0.102. The Morgan fingerprint density at radius 3 is 2.28 bits per heavy atom. The molecule has 2 nitrogen and oxygen atoms in total. The number of hydrogen-bond acceptors (Lipinski definition) is 1. The highest BCUT2D eigenvalue weighted by atomic mass is 79.9.